The number of para-hydroxylation sites is 1. The summed E-state index contributed by atoms with van der Waals surface area (Å²) in [5.41, 5.74) is 21.3. The number of hydrogen-bond donors (Lipinski definition) is 0. The highest BCUT2D eigenvalue weighted by Gasteiger charge is 2.44. The van der Waals surface area contributed by atoms with E-state index in [0.717, 1.165) is 37.7 Å². The number of allylic oxidation sites excluding steroid dienone is 9. The van der Waals surface area contributed by atoms with Gasteiger partial charge in [-0.2, -0.15) is 0 Å². The molecule has 0 saturated carbocycles. The van der Waals surface area contributed by atoms with Gasteiger partial charge in [-0.3, -0.25) is 4.98 Å². The first-order valence-electron chi connectivity index (χ1n) is 21.6. The number of rotatable bonds is 5. The zero-order valence-electron chi connectivity index (χ0n) is 33.8. The fraction of sp³-hybridized carbons (Fsp3) is 0.196. The average Bonchev–Trinajstić information content (AvgIpc) is 3.89. The van der Waals surface area contributed by atoms with Crippen molar-refractivity contribution in [3.63, 3.8) is 0 Å². The predicted octanol–water partition coefficient (Wildman–Crippen LogP) is 13.4. The van der Waals surface area contributed by atoms with Gasteiger partial charge in [0.25, 0.3) is 0 Å². The van der Waals surface area contributed by atoms with Gasteiger partial charge in [0.15, 0.2) is 0 Å². The van der Waals surface area contributed by atoms with Crippen LogP contribution in [-0.4, -0.2) is 21.6 Å². The Morgan fingerprint density at radius 2 is 1.59 bits per heavy atom. The van der Waals surface area contributed by atoms with Gasteiger partial charge in [-0.25, -0.2) is 0 Å². The Kier molecular flexibility index (Phi) is 7.79. The molecule has 0 N–H and O–H groups in total. The van der Waals surface area contributed by atoms with Crippen LogP contribution in [0.1, 0.15) is 84.5 Å². The summed E-state index contributed by atoms with van der Waals surface area (Å²) in [5.74, 6) is 0.285. The van der Waals surface area contributed by atoms with Gasteiger partial charge < -0.3 is 9.47 Å². The van der Waals surface area contributed by atoms with Gasteiger partial charge in [-0.05, 0) is 130 Å². The molecule has 0 bridgehead atoms. The van der Waals surface area contributed by atoms with Crippen LogP contribution in [0.15, 0.2) is 170 Å². The molecule has 0 amide bonds. The van der Waals surface area contributed by atoms with Gasteiger partial charge in [0, 0.05) is 57.3 Å². The van der Waals surface area contributed by atoms with E-state index in [1.807, 2.05) is 18.5 Å². The van der Waals surface area contributed by atoms with Crippen LogP contribution >= 0.6 is 0 Å². The van der Waals surface area contributed by atoms with Crippen molar-refractivity contribution in [2.24, 2.45) is 0 Å². The second-order valence-corrected chi connectivity index (χ2v) is 17.7. The molecule has 3 heteroatoms. The normalized spacial score (nSPS) is 21.9. The zero-order valence-corrected chi connectivity index (χ0v) is 33.8. The van der Waals surface area contributed by atoms with Crippen LogP contribution in [0, 0.1) is 0 Å². The van der Waals surface area contributed by atoms with Gasteiger partial charge in [-0.15, -0.1) is 0 Å². The van der Waals surface area contributed by atoms with Crippen molar-refractivity contribution in [1.29, 1.82) is 0 Å². The summed E-state index contributed by atoms with van der Waals surface area (Å²) >= 11 is 0. The van der Waals surface area contributed by atoms with E-state index in [4.69, 9.17) is 0 Å². The Morgan fingerprint density at radius 1 is 0.712 bits per heavy atom. The molecule has 3 unspecified atom stereocenters. The third kappa shape index (κ3) is 5.37. The lowest BCUT2D eigenvalue weighted by molar-refractivity contribution is 0.603. The molecule has 12 rings (SSSR count). The number of nitrogens with zero attached hydrogens (tertiary/aromatic N) is 3. The fourth-order valence-electron chi connectivity index (χ4n) is 11.2. The van der Waals surface area contributed by atoms with Crippen LogP contribution in [0.2, 0.25) is 0 Å². The van der Waals surface area contributed by atoms with Crippen molar-refractivity contribution in [3.8, 4) is 16.8 Å². The molecular formula is C56H47N3. The summed E-state index contributed by atoms with van der Waals surface area (Å²) < 4.78 is 2.54. The van der Waals surface area contributed by atoms with E-state index in [1.54, 1.807) is 0 Å². The van der Waals surface area contributed by atoms with E-state index in [0.29, 0.717) is 6.04 Å². The standard InChI is InChI=1S/C56H47N3/c1-56(2)50-19-9-6-16-44(50)47-34-42(24-25-51(47)56)58-52-20-10-7-17-45(52)48-32-37(22-26-54(48)58)38-23-27-55-49(33-38)46-18-8-11-21-53(46)59(55)43-30-40(36-13-4-3-5-14-36)29-41(31-43)39-15-12-28-57-35-39/h4,6-10,12-20,22-23,25-35,42,48,54H,3,5,11,21,24H2,1-2H3. The molecule has 3 atom stereocenters. The van der Waals surface area contributed by atoms with Crippen molar-refractivity contribution in [3.05, 3.63) is 209 Å². The van der Waals surface area contributed by atoms with E-state index in [-0.39, 0.29) is 17.4 Å². The molecule has 5 aliphatic carbocycles. The maximum absolute atomic E-state index is 4.49. The zero-order chi connectivity index (χ0) is 39.2. The third-order valence-corrected chi connectivity index (χ3v) is 14.0. The SMILES string of the molecule is CC1(C)C2=CCC(N3c4ccccc4C4C=C(c5ccc6c(c5)c5c(n6-c6cc(C7=CCCC=C7)cc(-c7cccnc7)c6)CCC=C5)C=CC43)C=C2c2ccccc21. The van der Waals surface area contributed by atoms with Gasteiger partial charge in [0.2, 0.25) is 0 Å². The van der Waals surface area contributed by atoms with Crippen molar-refractivity contribution in [2.45, 2.75) is 69.4 Å². The lowest BCUT2D eigenvalue weighted by Gasteiger charge is -2.37. The summed E-state index contributed by atoms with van der Waals surface area (Å²) in [6.45, 7) is 4.78. The molecule has 1 aliphatic heterocycles. The second-order valence-electron chi connectivity index (χ2n) is 17.7. The Bertz CT molecular complexity index is 2960. The fourth-order valence-corrected chi connectivity index (χ4v) is 11.2. The van der Waals surface area contributed by atoms with Crippen LogP contribution in [-0.2, 0) is 11.8 Å². The topological polar surface area (TPSA) is 21.1 Å². The highest BCUT2D eigenvalue weighted by molar-refractivity contribution is 5.97. The van der Waals surface area contributed by atoms with Crippen LogP contribution < -0.4 is 4.90 Å². The molecule has 4 aromatic carbocycles. The molecule has 3 nitrogen and oxygen atoms in total. The molecule has 0 radical (unpaired) electrons. The van der Waals surface area contributed by atoms with Gasteiger partial charge in [-0.1, -0.05) is 129 Å². The van der Waals surface area contributed by atoms with E-state index in [2.05, 4.69) is 180 Å². The molecule has 6 aromatic rings. The number of benzene rings is 4. The highest BCUT2D eigenvalue weighted by Crippen LogP contribution is 2.54. The summed E-state index contributed by atoms with van der Waals surface area (Å²) in [7, 11) is 0. The average molecular weight is 762 g/mol. The maximum Gasteiger partial charge on any atom is 0.0587 e. The van der Waals surface area contributed by atoms with Gasteiger partial charge in [0.05, 0.1) is 17.6 Å². The van der Waals surface area contributed by atoms with Crippen LogP contribution in [0.4, 0.5) is 5.69 Å². The predicted molar refractivity (Wildman–Crippen MR) is 247 cm³/mol. The molecule has 0 fully saturated rings. The monoisotopic (exact) mass is 761 g/mol. The number of fused-ring (bicyclic) bond motifs is 9. The van der Waals surface area contributed by atoms with Crippen molar-refractivity contribution in [1.82, 2.24) is 9.55 Å². The number of aromatic nitrogens is 2. The maximum atomic E-state index is 4.49. The van der Waals surface area contributed by atoms with Gasteiger partial charge >= 0.3 is 0 Å². The Labute approximate surface area is 347 Å². The lowest BCUT2D eigenvalue weighted by Crippen LogP contribution is -2.41. The second kappa shape index (κ2) is 13.3. The Hall–Kier alpha value is -6.45. The van der Waals surface area contributed by atoms with Crippen molar-refractivity contribution >= 4 is 39.4 Å². The molecule has 6 aliphatic rings. The summed E-state index contributed by atoms with van der Waals surface area (Å²) in [5, 5.41) is 1.32. The number of pyridine rings is 1. The third-order valence-electron chi connectivity index (χ3n) is 14.0. The molecule has 59 heavy (non-hydrogen) atoms. The minimum atomic E-state index is 0.0372. The lowest BCUT2D eigenvalue weighted by atomic mass is 9.79. The van der Waals surface area contributed by atoms with E-state index in [1.165, 1.54) is 89.2 Å². The minimum absolute atomic E-state index is 0.0372. The van der Waals surface area contributed by atoms with E-state index in [9.17, 15) is 0 Å². The number of hydrogen-bond acceptors (Lipinski definition) is 2. The van der Waals surface area contributed by atoms with Crippen LogP contribution in [0.25, 0.3) is 50.5 Å². The molecule has 2 aromatic heterocycles. The van der Waals surface area contributed by atoms with Crippen LogP contribution in [0.3, 0.4) is 0 Å². The molecule has 286 valence electrons. The summed E-state index contributed by atoms with van der Waals surface area (Å²) in [4.78, 5) is 7.21. The van der Waals surface area contributed by atoms with Crippen molar-refractivity contribution in [2.75, 3.05) is 4.90 Å². The summed E-state index contributed by atoms with van der Waals surface area (Å²) in [6.07, 6.45) is 33.4. The van der Waals surface area contributed by atoms with Gasteiger partial charge in [0.1, 0.15) is 0 Å². The molecule has 0 saturated heterocycles. The Balaban J connectivity index is 0.934. The highest BCUT2D eigenvalue weighted by atomic mass is 15.2. The molecular weight excluding hydrogens is 715 g/mol. The van der Waals surface area contributed by atoms with Crippen LogP contribution in [0.5, 0.6) is 0 Å². The number of anilines is 1. The van der Waals surface area contributed by atoms with E-state index >= 15 is 0 Å². The Morgan fingerprint density at radius 3 is 2.49 bits per heavy atom. The molecule has 3 heterocycles. The quantitative estimate of drug-likeness (QED) is 0.174. The smallest absolute Gasteiger partial charge is 0.0587 e. The summed E-state index contributed by atoms with van der Waals surface area (Å²) in [6, 6.07) is 37.3. The largest absolute Gasteiger partial charge is 0.357 e. The first-order chi connectivity index (χ1) is 29.0. The minimum Gasteiger partial charge on any atom is -0.357 e. The van der Waals surface area contributed by atoms with Crippen molar-refractivity contribution < 1.29 is 0 Å². The van der Waals surface area contributed by atoms with E-state index < -0.39 is 0 Å². The first-order valence-corrected chi connectivity index (χ1v) is 21.6. The first kappa shape index (κ1) is 34.6. The molecule has 0 spiro atoms.